The molecule has 0 amide bonds. The summed E-state index contributed by atoms with van der Waals surface area (Å²) < 4.78 is 33.5. The van der Waals surface area contributed by atoms with Gasteiger partial charge in [-0.25, -0.2) is 0 Å². The first-order valence-corrected chi connectivity index (χ1v) is 9.78. The fourth-order valence-corrected chi connectivity index (χ4v) is 2.95. The highest BCUT2D eigenvalue weighted by atomic mass is 16.7. The molecule has 6 nitrogen and oxygen atoms in total. The van der Waals surface area contributed by atoms with E-state index in [0.717, 1.165) is 12.2 Å². The Balaban J connectivity index is 1.78. The maximum Gasteiger partial charge on any atom is 0.181 e. The van der Waals surface area contributed by atoms with E-state index in [1.165, 1.54) is 5.56 Å². The zero-order valence-corrected chi connectivity index (χ0v) is 17.1. The maximum absolute atomic E-state index is 6.09. The Morgan fingerprint density at radius 1 is 0.963 bits per heavy atom. The Kier molecular flexibility index (Phi) is 9.51. The van der Waals surface area contributed by atoms with E-state index in [-0.39, 0.29) is 11.5 Å². The Bertz CT molecular complexity index is 508. The molecule has 0 saturated heterocycles. The maximum atomic E-state index is 6.09. The molecule has 2 rings (SSSR count). The first-order valence-electron chi connectivity index (χ1n) is 9.78. The van der Waals surface area contributed by atoms with E-state index >= 15 is 0 Å². The lowest BCUT2D eigenvalue weighted by atomic mass is 9.98. The van der Waals surface area contributed by atoms with Crippen LogP contribution in [0.2, 0.25) is 0 Å². The lowest BCUT2D eigenvalue weighted by molar-refractivity contribution is -0.186. The van der Waals surface area contributed by atoms with Crippen molar-refractivity contribution in [2.75, 3.05) is 53.4 Å². The second kappa shape index (κ2) is 11.6. The third kappa shape index (κ3) is 7.05. The largest absolute Gasteiger partial charge is 0.497 e. The molecule has 0 aliphatic heterocycles. The Morgan fingerprint density at radius 3 is 2.07 bits per heavy atom. The quantitative estimate of drug-likeness (QED) is 0.343. The van der Waals surface area contributed by atoms with E-state index in [1.54, 1.807) is 7.11 Å². The summed E-state index contributed by atoms with van der Waals surface area (Å²) in [6.45, 7) is 9.97. The average Bonchev–Trinajstić information content (AvgIpc) is 3.37. The zero-order valence-electron chi connectivity index (χ0n) is 17.1. The molecule has 1 aromatic rings. The molecule has 0 N–H and O–H groups in total. The SMILES string of the molecule is CCOCCOC(COC1CC1(C)c1ccc(OC)cc1)OCCOCC. The first-order chi connectivity index (χ1) is 13.1. The van der Waals surface area contributed by atoms with E-state index < -0.39 is 6.29 Å². The van der Waals surface area contributed by atoms with Crippen molar-refractivity contribution in [2.24, 2.45) is 0 Å². The summed E-state index contributed by atoms with van der Waals surface area (Å²) in [6, 6.07) is 8.20. The standard InChI is InChI=1S/C21H34O6/c1-5-23-11-13-25-20(26-14-12-24-6-2)16-27-19-15-21(19,3)17-7-9-18(22-4)10-8-17/h7-10,19-20H,5-6,11-16H2,1-4H3. The van der Waals surface area contributed by atoms with Gasteiger partial charge in [0.2, 0.25) is 0 Å². The minimum Gasteiger partial charge on any atom is -0.497 e. The molecule has 0 bridgehead atoms. The van der Waals surface area contributed by atoms with Gasteiger partial charge in [-0.05, 0) is 38.0 Å². The van der Waals surface area contributed by atoms with Crippen LogP contribution in [0.5, 0.6) is 5.75 Å². The number of rotatable bonds is 15. The van der Waals surface area contributed by atoms with Crippen LogP contribution in [-0.2, 0) is 29.1 Å². The molecule has 2 atom stereocenters. The minimum absolute atomic E-state index is 0.0352. The van der Waals surface area contributed by atoms with Gasteiger partial charge >= 0.3 is 0 Å². The highest BCUT2D eigenvalue weighted by Crippen LogP contribution is 2.50. The van der Waals surface area contributed by atoms with Crippen molar-refractivity contribution < 1.29 is 28.4 Å². The van der Waals surface area contributed by atoms with Crippen LogP contribution >= 0.6 is 0 Å². The molecule has 0 spiro atoms. The molecule has 6 heteroatoms. The van der Waals surface area contributed by atoms with Gasteiger partial charge in [0.1, 0.15) is 5.75 Å². The molecule has 27 heavy (non-hydrogen) atoms. The van der Waals surface area contributed by atoms with Gasteiger partial charge in [0.25, 0.3) is 0 Å². The number of methoxy groups -OCH3 is 1. The molecular weight excluding hydrogens is 348 g/mol. The van der Waals surface area contributed by atoms with Crippen LogP contribution in [0, 0.1) is 0 Å². The van der Waals surface area contributed by atoms with Gasteiger partial charge in [-0.1, -0.05) is 19.1 Å². The summed E-state index contributed by atoms with van der Waals surface area (Å²) in [5.74, 6) is 0.867. The lowest BCUT2D eigenvalue weighted by Crippen LogP contribution is -2.28. The number of hydrogen-bond acceptors (Lipinski definition) is 6. The number of ether oxygens (including phenoxy) is 6. The molecule has 1 aliphatic carbocycles. The molecule has 1 aromatic carbocycles. The van der Waals surface area contributed by atoms with Crippen molar-refractivity contribution >= 4 is 0 Å². The Hall–Kier alpha value is -1.18. The van der Waals surface area contributed by atoms with Crippen LogP contribution in [0.25, 0.3) is 0 Å². The predicted molar refractivity (Wildman–Crippen MR) is 103 cm³/mol. The van der Waals surface area contributed by atoms with Gasteiger partial charge in [0.05, 0.1) is 46.2 Å². The van der Waals surface area contributed by atoms with Crippen molar-refractivity contribution in [1.29, 1.82) is 0 Å². The summed E-state index contributed by atoms with van der Waals surface area (Å²) in [7, 11) is 1.68. The van der Waals surface area contributed by atoms with Crippen LogP contribution in [0.4, 0.5) is 0 Å². The van der Waals surface area contributed by atoms with Crippen molar-refractivity contribution in [3.8, 4) is 5.75 Å². The van der Waals surface area contributed by atoms with Crippen LogP contribution in [0.3, 0.4) is 0 Å². The second-order valence-corrected chi connectivity index (χ2v) is 6.74. The van der Waals surface area contributed by atoms with Gasteiger partial charge in [0.15, 0.2) is 6.29 Å². The summed E-state index contributed by atoms with van der Waals surface area (Å²) in [4.78, 5) is 0. The molecule has 0 radical (unpaired) electrons. The summed E-state index contributed by atoms with van der Waals surface area (Å²) >= 11 is 0. The van der Waals surface area contributed by atoms with Crippen LogP contribution in [0.15, 0.2) is 24.3 Å². The van der Waals surface area contributed by atoms with E-state index in [2.05, 4.69) is 19.1 Å². The summed E-state index contributed by atoms with van der Waals surface area (Å²) in [5, 5.41) is 0. The van der Waals surface area contributed by atoms with Crippen molar-refractivity contribution in [1.82, 2.24) is 0 Å². The monoisotopic (exact) mass is 382 g/mol. The molecule has 154 valence electrons. The summed E-state index contributed by atoms with van der Waals surface area (Å²) in [5.41, 5.74) is 1.30. The molecule has 1 aliphatic rings. The second-order valence-electron chi connectivity index (χ2n) is 6.74. The van der Waals surface area contributed by atoms with Gasteiger partial charge < -0.3 is 28.4 Å². The molecule has 1 fully saturated rings. The number of benzene rings is 1. The number of hydrogen-bond donors (Lipinski definition) is 0. The molecule has 0 aromatic heterocycles. The minimum atomic E-state index is -0.411. The third-order valence-electron chi connectivity index (χ3n) is 4.81. The normalized spacial score (nSPS) is 21.6. The lowest BCUT2D eigenvalue weighted by Gasteiger charge is -2.20. The topological polar surface area (TPSA) is 55.4 Å². The van der Waals surface area contributed by atoms with Gasteiger partial charge in [-0.3, -0.25) is 0 Å². The average molecular weight is 382 g/mol. The smallest absolute Gasteiger partial charge is 0.181 e. The third-order valence-corrected chi connectivity index (χ3v) is 4.81. The van der Waals surface area contributed by atoms with Crippen LogP contribution in [-0.4, -0.2) is 65.8 Å². The molecule has 0 heterocycles. The van der Waals surface area contributed by atoms with E-state index in [4.69, 9.17) is 28.4 Å². The molecular formula is C21H34O6. The van der Waals surface area contributed by atoms with Crippen LogP contribution in [0.1, 0.15) is 32.8 Å². The fourth-order valence-electron chi connectivity index (χ4n) is 2.95. The van der Waals surface area contributed by atoms with Gasteiger partial charge in [-0.15, -0.1) is 0 Å². The van der Waals surface area contributed by atoms with E-state index in [0.29, 0.717) is 46.2 Å². The van der Waals surface area contributed by atoms with Gasteiger partial charge in [0, 0.05) is 18.6 Å². The van der Waals surface area contributed by atoms with Crippen molar-refractivity contribution in [3.05, 3.63) is 29.8 Å². The summed E-state index contributed by atoms with van der Waals surface area (Å²) in [6.07, 6.45) is 0.746. The van der Waals surface area contributed by atoms with Gasteiger partial charge in [-0.2, -0.15) is 0 Å². The zero-order chi connectivity index (χ0) is 19.5. The van der Waals surface area contributed by atoms with Crippen LogP contribution < -0.4 is 4.74 Å². The van der Waals surface area contributed by atoms with Crippen molar-refractivity contribution in [2.45, 2.75) is 45.0 Å². The predicted octanol–water partition coefficient (Wildman–Crippen LogP) is 3.17. The molecule has 2 unspecified atom stereocenters. The molecule has 1 saturated carbocycles. The van der Waals surface area contributed by atoms with E-state index in [1.807, 2.05) is 26.0 Å². The Morgan fingerprint density at radius 2 is 1.56 bits per heavy atom. The fraction of sp³-hybridized carbons (Fsp3) is 0.714. The van der Waals surface area contributed by atoms with Crippen molar-refractivity contribution in [3.63, 3.8) is 0 Å². The van der Waals surface area contributed by atoms with E-state index in [9.17, 15) is 0 Å². The Labute approximate surface area is 163 Å². The highest BCUT2D eigenvalue weighted by molar-refractivity contribution is 5.37. The first kappa shape index (κ1) is 22.1. The highest BCUT2D eigenvalue weighted by Gasteiger charge is 2.52.